The van der Waals surface area contributed by atoms with Gasteiger partial charge in [-0.1, -0.05) is 42.5 Å². The quantitative estimate of drug-likeness (QED) is 0.583. The molecular formula is C25H25N3O4. The molecule has 32 heavy (non-hydrogen) atoms. The highest BCUT2D eigenvalue weighted by molar-refractivity contribution is 6.10. The summed E-state index contributed by atoms with van der Waals surface area (Å²) in [6.07, 6.45) is 0. The molecule has 0 saturated carbocycles. The number of hydrogen-bond acceptors (Lipinski definition) is 5. The summed E-state index contributed by atoms with van der Waals surface area (Å²) in [5, 5.41) is 5.72. The van der Waals surface area contributed by atoms with Crippen LogP contribution in [-0.4, -0.2) is 37.1 Å². The van der Waals surface area contributed by atoms with Gasteiger partial charge in [-0.25, -0.2) is 0 Å². The van der Waals surface area contributed by atoms with Crippen LogP contribution in [0.1, 0.15) is 28.9 Å². The van der Waals surface area contributed by atoms with E-state index in [0.717, 1.165) is 5.56 Å². The van der Waals surface area contributed by atoms with Crippen LogP contribution in [0, 0.1) is 0 Å². The Morgan fingerprint density at radius 2 is 1.66 bits per heavy atom. The zero-order valence-corrected chi connectivity index (χ0v) is 18.0. The number of hydrogen-bond donors (Lipinski definition) is 2. The van der Waals surface area contributed by atoms with Crippen LogP contribution >= 0.6 is 0 Å². The lowest BCUT2D eigenvalue weighted by Gasteiger charge is -2.24. The number of ether oxygens (including phenoxy) is 2. The highest BCUT2D eigenvalue weighted by Crippen LogP contribution is 2.34. The Bertz CT molecular complexity index is 1120. The predicted molar refractivity (Wildman–Crippen MR) is 123 cm³/mol. The predicted octanol–water partition coefficient (Wildman–Crippen LogP) is 4.30. The molecule has 2 N–H and O–H groups in total. The van der Waals surface area contributed by atoms with Crippen LogP contribution in [0.2, 0.25) is 0 Å². The van der Waals surface area contributed by atoms with Gasteiger partial charge in [-0.05, 0) is 43.8 Å². The van der Waals surface area contributed by atoms with Crippen molar-refractivity contribution in [2.75, 3.05) is 31.0 Å². The van der Waals surface area contributed by atoms with Crippen molar-refractivity contribution < 1.29 is 19.1 Å². The van der Waals surface area contributed by atoms with E-state index in [9.17, 15) is 9.59 Å². The van der Waals surface area contributed by atoms with Crippen molar-refractivity contribution >= 4 is 23.2 Å². The van der Waals surface area contributed by atoms with Crippen molar-refractivity contribution in [2.45, 2.75) is 13.0 Å². The smallest absolute Gasteiger partial charge is 0.257 e. The Labute approximate surface area is 187 Å². The van der Waals surface area contributed by atoms with Crippen LogP contribution in [0.3, 0.4) is 0 Å². The number of para-hydroxylation sites is 1. The molecule has 0 aromatic heterocycles. The monoisotopic (exact) mass is 431 g/mol. The molecule has 7 heteroatoms. The molecule has 0 saturated heterocycles. The average Bonchev–Trinajstić information content (AvgIpc) is 3.27. The van der Waals surface area contributed by atoms with Gasteiger partial charge in [0.2, 0.25) is 12.7 Å². The zero-order chi connectivity index (χ0) is 22.5. The molecule has 0 unspecified atom stereocenters. The second-order valence-corrected chi connectivity index (χ2v) is 7.62. The summed E-state index contributed by atoms with van der Waals surface area (Å²) in [7, 11) is 1.90. The zero-order valence-electron chi connectivity index (χ0n) is 18.0. The third kappa shape index (κ3) is 4.90. The van der Waals surface area contributed by atoms with Gasteiger partial charge in [0.05, 0.1) is 17.8 Å². The maximum absolute atomic E-state index is 12.9. The summed E-state index contributed by atoms with van der Waals surface area (Å²) in [5.74, 6) is 0.703. The molecule has 1 aliphatic rings. The Balaban J connectivity index is 1.41. The van der Waals surface area contributed by atoms with Crippen LogP contribution < -0.4 is 20.1 Å². The van der Waals surface area contributed by atoms with Gasteiger partial charge < -0.3 is 20.1 Å². The largest absolute Gasteiger partial charge is 0.454 e. The Morgan fingerprint density at radius 1 is 0.938 bits per heavy atom. The van der Waals surface area contributed by atoms with Crippen molar-refractivity contribution in [2.24, 2.45) is 0 Å². The molecular weight excluding hydrogens is 406 g/mol. The lowest BCUT2D eigenvalue weighted by atomic mass is 10.1. The fourth-order valence-electron chi connectivity index (χ4n) is 3.50. The number of carbonyl (C=O) groups excluding carboxylic acids is 2. The molecule has 4 rings (SSSR count). The van der Waals surface area contributed by atoms with E-state index < -0.39 is 0 Å². The van der Waals surface area contributed by atoms with Gasteiger partial charge in [0.25, 0.3) is 5.91 Å². The van der Waals surface area contributed by atoms with E-state index in [1.54, 1.807) is 42.5 Å². The highest BCUT2D eigenvalue weighted by atomic mass is 16.7. The van der Waals surface area contributed by atoms with Gasteiger partial charge >= 0.3 is 0 Å². The second-order valence-electron chi connectivity index (χ2n) is 7.62. The van der Waals surface area contributed by atoms with Gasteiger partial charge in [-0.2, -0.15) is 0 Å². The Kier molecular flexibility index (Phi) is 6.37. The van der Waals surface area contributed by atoms with E-state index in [4.69, 9.17) is 9.47 Å². The minimum absolute atomic E-state index is 0.0755. The summed E-state index contributed by atoms with van der Waals surface area (Å²) in [4.78, 5) is 27.6. The van der Waals surface area contributed by atoms with E-state index in [1.807, 2.05) is 42.3 Å². The first-order valence-electron chi connectivity index (χ1n) is 10.4. The first-order valence-corrected chi connectivity index (χ1v) is 10.4. The van der Waals surface area contributed by atoms with Crippen molar-refractivity contribution in [3.63, 3.8) is 0 Å². The van der Waals surface area contributed by atoms with Crippen LogP contribution in [0.5, 0.6) is 11.5 Å². The van der Waals surface area contributed by atoms with Crippen molar-refractivity contribution in [1.29, 1.82) is 0 Å². The maximum atomic E-state index is 12.9. The number of benzene rings is 3. The number of likely N-dealkylation sites (N-methyl/N-ethyl adjacent to an activating group) is 1. The SMILES string of the molecule is C[C@@H](c1ccccc1)N(C)CC(=O)Nc1ccccc1C(=O)Nc1ccc2c(c1)OCO2. The third-order valence-corrected chi connectivity index (χ3v) is 5.41. The normalized spacial score (nSPS) is 13.0. The van der Waals surface area contributed by atoms with Crippen LogP contribution in [-0.2, 0) is 4.79 Å². The molecule has 0 aliphatic carbocycles. The number of nitrogens with zero attached hydrogens (tertiary/aromatic N) is 1. The molecule has 0 spiro atoms. The fourth-order valence-corrected chi connectivity index (χ4v) is 3.50. The first-order chi connectivity index (χ1) is 15.5. The van der Waals surface area contributed by atoms with Gasteiger partial charge in [0.1, 0.15) is 0 Å². The highest BCUT2D eigenvalue weighted by Gasteiger charge is 2.19. The molecule has 1 heterocycles. The van der Waals surface area contributed by atoms with Gasteiger partial charge in [-0.3, -0.25) is 14.5 Å². The number of nitrogens with one attached hydrogen (secondary N) is 2. The van der Waals surface area contributed by atoms with Gasteiger partial charge in [0.15, 0.2) is 11.5 Å². The summed E-state index contributed by atoms with van der Waals surface area (Å²) >= 11 is 0. The number of fused-ring (bicyclic) bond motifs is 1. The first kappa shape index (κ1) is 21.4. The van der Waals surface area contributed by atoms with E-state index in [-0.39, 0.29) is 31.2 Å². The average molecular weight is 431 g/mol. The van der Waals surface area contributed by atoms with Crippen LogP contribution in [0.25, 0.3) is 0 Å². The van der Waals surface area contributed by atoms with E-state index >= 15 is 0 Å². The molecule has 164 valence electrons. The Morgan fingerprint density at radius 3 is 2.47 bits per heavy atom. The molecule has 3 aromatic carbocycles. The Hall–Kier alpha value is -3.84. The number of amides is 2. The maximum Gasteiger partial charge on any atom is 0.257 e. The molecule has 2 amide bonds. The summed E-state index contributed by atoms with van der Waals surface area (Å²) in [5.41, 5.74) is 2.54. The topological polar surface area (TPSA) is 79.9 Å². The molecule has 1 atom stereocenters. The third-order valence-electron chi connectivity index (χ3n) is 5.41. The van der Waals surface area contributed by atoms with Crippen molar-refractivity contribution in [3.05, 3.63) is 83.9 Å². The molecule has 0 radical (unpaired) electrons. The number of carbonyl (C=O) groups is 2. The molecule has 0 fully saturated rings. The van der Waals surface area contributed by atoms with Crippen LogP contribution in [0.4, 0.5) is 11.4 Å². The molecule has 3 aromatic rings. The number of rotatable bonds is 7. The summed E-state index contributed by atoms with van der Waals surface area (Å²) in [6.45, 7) is 2.41. The lowest BCUT2D eigenvalue weighted by Crippen LogP contribution is -2.32. The second kappa shape index (κ2) is 9.53. The minimum atomic E-state index is -0.328. The van der Waals surface area contributed by atoms with Gasteiger partial charge in [0, 0.05) is 17.8 Å². The molecule has 1 aliphatic heterocycles. The fraction of sp³-hybridized carbons (Fsp3) is 0.200. The standard InChI is InChI=1S/C25H25N3O4/c1-17(18-8-4-3-5-9-18)28(2)15-24(29)27-21-11-7-6-10-20(21)25(30)26-19-12-13-22-23(14-19)32-16-31-22/h3-14,17H,15-16H2,1-2H3,(H,26,30)(H,27,29)/t17-/m0/s1. The minimum Gasteiger partial charge on any atom is -0.454 e. The number of anilines is 2. The molecule has 0 bridgehead atoms. The van der Waals surface area contributed by atoms with Gasteiger partial charge in [-0.15, -0.1) is 0 Å². The van der Waals surface area contributed by atoms with Crippen LogP contribution in [0.15, 0.2) is 72.8 Å². The lowest BCUT2D eigenvalue weighted by molar-refractivity contribution is -0.117. The van der Waals surface area contributed by atoms with E-state index in [1.165, 1.54) is 0 Å². The van der Waals surface area contributed by atoms with Crippen molar-refractivity contribution in [1.82, 2.24) is 4.90 Å². The van der Waals surface area contributed by atoms with E-state index in [2.05, 4.69) is 17.6 Å². The van der Waals surface area contributed by atoms with Crippen molar-refractivity contribution in [3.8, 4) is 11.5 Å². The summed E-state index contributed by atoms with van der Waals surface area (Å²) < 4.78 is 10.7. The van der Waals surface area contributed by atoms with E-state index in [0.29, 0.717) is 28.4 Å². The molecule has 7 nitrogen and oxygen atoms in total. The summed E-state index contributed by atoms with van der Waals surface area (Å²) in [6, 6.07) is 22.2.